The number of rotatable bonds is 4. The van der Waals surface area contributed by atoms with Crippen molar-refractivity contribution in [2.75, 3.05) is 6.61 Å². The molecule has 1 aromatic heterocycles. The van der Waals surface area contributed by atoms with Crippen LogP contribution in [-0.4, -0.2) is 17.4 Å². The van der Waals surface area contributed by atoms with Crippen LogP contribution in [0, 0.1) is 0 Å². The van der Waals surface area contributed by atoms with Gasteiger partial charge in [0.05, 0.1) is 5.71 Å². The summed E-state index contributed by atoms with van der Waals surface area (Å²) in [7, 11) is 0. The maximum atomic E-state index is 12.0. The minimum absolute atomic E-state index is 0.0122. The van der Waals surface area contributed by atoms with Gasteiger partial charge in [0.2, 0.25) is 0 Å². The molecule has 0 atom stereocenters. The second kappa shape index (κ2) is 6.06. The second-order valence-electron chi connectivity index (χ2n) is 4.12. The summed E-state index contributed by atoms with van der Waals surface area (Å²) in [5, 5.41) is 13.7. The predicted molar refractivity (Wildman–Crippen MR) is 75.9 cm³/mol. The fourth-order valence-electron chi connectivity index (χ4n) is 1.77. The number of hydrogen-bond donors (Lipinski definition) is 1. The van der Waals surface area contributed by atoms with E-state index in [-0.39, 0.29) is 17.0 Å². The van der Waals surface area contributed by atoms with E-state index in [0.29, 0.717) is 17.9 Å². The van der Waals surface area contributed by atoms with Gasteiger partial charge in [0, 0.05) is 11.6 Å². The number of nitrogens with zero attached hydrogens (tertiary/aromatic N) is 1. The quantitative estimate of drug-likeness (QED) is 0.686. The van der Waals surface area contributed by atoms with Gasteiger partial charge in [-0.05, 0) is 13.8 Å². The lowest BCUT2D eigenvalue weighted by molar-refractivity contribution is 0.158. The molecule has 2 aromatic rings. The van der Waals surface area contributed by atoms with Gasteiger partial charge in [0.25, 0.3) is 0 Å². The van der Waals surface area contributed by atoms with Gasteiger partial charge in [0.15, 0.2) is 0 Å². The number of hydrogen-bond acceptors (Lipinski definition) is 5. The van der Waals surface area contributed by atoms with Crippen LogP contribution < -0.4 is 5.63 Å². The third-order valence-corrected chi connectivity index (χ3v) is 2.68. The fourth-order valence-corrected chi connectivity index (χ4v) is 1.77. The zero-order chi connectivity index (χ0) is 14.5. The first-order valence-electron chi connectivity index (χ1n) is 6.23. The summed E-state index contributed by atoms with van der Waals surface area (Å²) < 4.78 is 5.22. The predicted octanol–water partition coefficient (Wildman–Crippen LogP) is 2.77. The molecular weight excluding hydrogens is 258 g/mol. The van der Waals surface area contributed by atoms with E-state index in [1.807, 2.05) is 18.2 Å². The van der Waals surface area contributed by atoms with E-state index < -0.39 is 5.63 Å². The third kappa shape index (κ3) is 2.88. The Balaban J connectivity index is 2.47. The Morgan fingerprint density at radius 2 is 2.05 bits per heavy atom. The monoisotopic (exact) mass is 273 g/mol. The van der Waals surface area contributed by atoms with Gasteiger partial charge in [-0.3, -0.25) is 0 Å². The lowest BCUT2D eigenvalue weighted by Crippen LogP contribution is -2.13. The smallest absolute Gasteiger partial charge is 0.349 e. The molecule has 1 aromatic carbocycles. The van der Waals surface area contributed by atoms with E-state index in [9.17, 15) is 9.90 Å². The highest BCUT2D eigenvalue weighted by molar-refractivity contribution is 6.00. The highest BCUT2D eigenvalue weighted by atomic mass is 16.6. The first-order chi connectivity index (χ1) is 9.63. The normalized spacial score (nSPS) is 11.4. The Morgan fingerprint density at radius 1 is 1.35 bits per heavy atom. The van der Waals surface area contributed by atoms with Crippen molar-refractivity contribution in [3.05, 3.63) is 52.4 Å². The van der Waals surface area contributed by atoms with Crippen LogP contribution in [0.15, 0.2) is 50.8 Å². The van der Waals surface area contributed by atoms with Crippen LogP contribution in [0.2, 0.25) is 0 Å². The van der Waals surface area contributed by atoms with Crippen molar-refractivity contribution in [2.24, 2.45) is 5.16 Å². The molecule has 0 spiro atoms. The van der Waals surface area contributed by atoms with Crippen molar-refractivity contribution in [3.63, 3.8) is 0 Å². The van der Waals surface area contributed by atoms with Gasteiger partial charge in [-0.25, -0.2) is 4.79 Å². The lowest BCUT2D eigenvalue weighted by atomic mass is 10.1. The van der Waals surface area contributed by atoms with Gasteiger partial charge < -0.3 is 14.4 Å². The van der Waals surface area contributed by atoms with Crippen LogP contribution in [0.4, 0.5) is 0 Å². The van der Waals surface area contributed by atoms with Crippen LogP contribution in [-0.2, 0) is 4.84 Å². The van der Waals surface area contributed by atoms with Crippen LogP contribution in [0.25, 0.3) is 11.3 Å². The molecule has 0 unspecified atom stereocenters. The third-order valence-electron chi connectivity index (χ3n) is 2.68. The average molecular weight is 273 g/mol. The summed E-state index contributed by atoms with van der Waals surface area (Å²) in [5.74, 6) is 0.127. The maximum absolute atomic E-state index is 12.0. The standard InChI is InChI=1S/C15H15NO4/c1-3-19-16-10(2)14-12(17)9-13(20-15(14)18)11-7-5-4-6-8-11/h4-9,17H,3H2,1-2H3. The molecule has 0 aliphatic heterocycles. The van der Waals surface area contributed by atoms with Crippen molar-refractivity contribution in [3.8, 4) is 17.1 Å². The average Bonchev–Trinajstić information content (AvgIpc) is 2.45. The summed E-state index contributed by atoms with van der Waals surface area (Å²) in [5.41, 5.74) is 0.353. The summed E-state index contributed by atoms with van der Waals surface area (Å²) in [6, 6.07) is 10.5. The summed E-state index contributed by atoms with van der Waals surface area (Å²) in [6.07, 6.45) is 0. The van der Waals surface area contributed by atoms with Gasteiger partial charge in [-0.15, -0.1) is 0 Å². The molecular formula is C15H15NO4. The Morgan fingerprint density at radius 3 is 2.65 bits per heavy atom. The van der Waals surface area contributed by atoms with Gasteiger partial charge in [-0.2, -0.15) is 0 Å². The van der Waals surface area contributed by atoms with Crippen LogP contribution >= 0.6 is 0 Å². The summed E-state index contributed by atoms with van der Waals surface area (Å²) >= 11 is 0. The Kier molecular flexibility index (Phi) is 4.20. The molecule has 5 nitrogen and oxygen atoms in total. The van der Waals surface area contributed by atoms with Crippen LogP contribution in [0.3, 0.4) is 0 Å². The minimum atomic E-state index is -0.648. The van der Waals surface area contributed by atoms with Crippen molar-refractivity contribution in [1.29, 1.82) is 0 Å². The molecule has 0 aliphatic carbocycles. The molecule has 5 heteroatoms. The highest BCUT2D eigenvalue weighted by Gasteiger charge is 2.15. The second-order valence-corrected chi connectivity index (χ2v) is 4.12. The highest BCUT2D eigenvalue weighted by Crippen LogP contribution is 2.24. The van der Waals surface area contributed by atoms with E-state index in [0.717, 1.165) is 0 Å². The van der Waals surface area contributed by atoms with Crippen LogP contribution in [0.5, 0.6) is 5.75 Å². The zero-order valence-electron chi connectivity index (χ0n) is 11.3. The number of aromatic hydroxyl groups is 1. The maximum Gasteiger partial charge on any atom is 0.349 e. The van der Waals surface area contributed by atoms with Gasteiger partial charge in [0.1, 0.15) is 23.7 Å². The van der Waals surface area contributed by atoms with Crippen LogP contribution in [0.1, 0.15) is 19.4 Å². The Labute approximate surface area is 116 Å². The topological polar surface area (TPSA) is 72.0 Å². The van der Waals surface area contributed by atoms with Gasteiger partial charge >= 0.3 is 5.63 Å². The summed E-state index contributed by atoms with van der Waals surface area (Å²) in [6.45, 7) is 3.73. The number of benzene rings is 1. The van der Waals surface area contributed by atoms with E-state index in [1.54, 1.807) is 26.0 Å². The molecule has 0 amide bonds. The van der Waals surface area contributed by atoms with E-state index >= 15 is 0 Å². The Hall–Kier alpha value is -2.56. The van der Waals surface area contributed by atoms with Crippen molar-refractivity contribution in [1.82, 2.24) is 0 Å². The molecule has 0 bridgehead atoms. The lowest BCUT2D eigenvalue weighted by Gasteiger charge is -2.05. The SMILES string of the molecule is CCON=C(C)c1c(O)cc(-c2ccccc2)oc1=O. The van der Waals surface area contributed by atoms with E-state index in [2.05, 4.69) is 5.16 Å². The molecule has 104 valence electrons. The first-order valence-corrected chi connectivity index (χ1v) is 6.23. The molecule has 20 heavy (non-hydrogen) atoms. The van der Waals surface area contributed by atoms with Crippen molar-refractivity contribution in [2.45, 2.75) is 13.8 Å². The summed E-state index contributed by atoms with van der Waals surface area (Å²) in [4.78, 5) is 16.8. The molecule has 0 radical (unpaired) electrons. The molecule has 1 N–H and O–H groups in total. The molecule has 2 rings (SSSR count). The zero-order valence-corrected chi connectivity index (χ0v) is 11.3. The molecule has 0 saturated carbocycles. The van der Waals surface area contributed by atoms with Gasteiger partial charge in [-0.1, -0.05) is 35.5 Å². The van der Waals surface area contributed by atoms with Crippen molar-refractivity contribution < 1.29 is 14.4 Å². The Bertz CT molecular complexity index is 674. The molecule has 0 saturated heterocycles. The largest absolute Gasteiger partial charge is 0.507 e. The molecule has 0 fully saturated rings. The molecule has 1 heterocycles. The molecule has 0 aliphatic rings. The van der Waals surface area contributed by atoms with E-state index in [1.165, 1.54) is 6.07 Å². The fraction of sp³-hybridized carbons (Fsp3) is 0.200. The van der Waals surface area contributed by atoms with Crippen molar-refractivity contribution >= 4 is 5.71 Å². The minimum Gasteiger partial charge on any atom is -0.507 e. The van der Waals surface area contributed by atoms with E-state index in [4.69, 9.17) is 9.25 Å². The first kappa shape index (κ1) is 13.9. The number of oxime groups is 1.